The Morgan fingerprint density at radius 3 is 3.00 bits per heavy atom. The zero-order valence-electron chi connectivity index (χ0n) is 11.5. The third-order valence-corrected chi connectivity index (χ3v) is 4.60. The second-order valence-corrected chi connectivity index (χ2v) is 5.82. The van der Waals surface area contributed by atoms with Crippen molar-refractivity contribution < 1.29 is 4.79 Å². The summed E-state index contributed by atoms with van der Waals surface area (Å²) < 4.78 is 0. The number of rotatable bonds is 3. The van der Waals surface area contributed by atoms with Gasteiger partial charge in [-0.3, -0.25) is 4.79 Å². The van der Waals surface area contributed by atoms with Gasteiger partial charge >= 0.3 is 0 Å². The molecule has 0 bridgehead atoms. The maximum atomic E-state index is 12.4. The molecule has 0 aromatic heterocycles. The number of hydrogen-bond acceptors (Lipinski definition) is 2. The molecule has 1 saturated carbocycles. The average molecular weight is 258 g/mol. The molecular weight excluding hydrogens is 236 g/mol. The summed E-state index contributed by atoms with van der Waals surface area (Å²) in [4.78, 5) is 12.4. The molecule has 2 N–H and O–H groups in total. The van der Waals surface area contributed by atoms with E-state index in [4.69, 9.17) is 0 Å². The third kappa shape index (κ3) is 2.52. The summed E-state index contributed by atoms with van der Waals surface area (Å²) in [6, 6.07) is 6.38. The fraction of sp³-hybridized carbons (Fsp3) is 0.562. The summed E-state index contributed by atoms with van der Waals surface area (Å²) >= 11 is 0. The molecule has 3 heteroatoms. The summed E-state index contributed by atoms with van der Waals surface area (Å²) in [5, 5.41) is 6.54. The molecule has 0 radical (unpaired) electrons. The molecule has 1 fully saturated rings. The molecule has 1 aliphatic carbocycles. The maximum Gasteiger partial charge on any atom is 0.251 e. The summed E-state index contributed by atoms with van der Waals surface area (Å²) in [5.41, 5.74) is 3.39. The Hall–Kier alpha value is -1.35. The molecule has 2 aliphatic rings. The van der Waals surface area contributed by atoms with Crippen molar-refractivity contribution in [2.24, 2.45) is 5.92 Å². The van der Waals surface area contributed by atoms with Gasteiger partial charge in [-0.05, 0) is 55.8 Å². The first-order chi connectivity index (χ1) is 9.25. The predicted octanol–water partition coefficient (Wildman–Crippen LogP) is 2.25. The van der Waals surface area contributed by atoms with E-state index in [9.17, 15) is 4.79 Å². The first-order valence-corrected chi connectivity index (χ1v) is 7.38. The van der Waals surface area contributed by atoms with Crippen LogP contribution in [0.15, 0.2) is 18.2 Å². The minimum absolute atomic E-state index is 0.109. The predicted molar refractivity (Wildman–Crippen MR) is 76.1 cm³/mol. The van der Waals surface area contributed by atoms with Gasteiger partial charge in [0.2, 0.25) is 0 Å². The maximum absolute atomic E-state index is 12.4. The zero-order chi connectivity index (χ0) is 13.2. The van der Waals surface area contributed by atoms with E-state index in [-0.39, 0.29) is 5.91 Å². The minimum atomic E-state index is 0.109. The Balaban J connectivity index is 1.75. The van der Waals surface area contributed by atoms with Gasteiger partial charge in [0.15, 0.2) is 0 Å². The van der Waals surface area contributed by atoms with E-state index in [1.165, 1.54) is 30.4 Å². The zero-order valence-corrected chi connectivity index (χ0v) is 11.5. The third-order valence-electron chi connectivity index (χ3n) is 4.60. The topological polar surface area (TPSA) is 41.1 Å². The van der Waals surface area contributed by atoms with E-state index in [2.05, 4.69) is 23.6 Å². The average Bonchev–Trinajstić information content (AvgIpc) is 2.35. The molecule has 0 spiro atoms. The molecule has 1 heterocycles. The van der Waals surface area contributed by atoms with Gasteiger partial charge in [-0.25, -0.2) is 0 Å². The molecule has 1 aromatic rings. The Labute approximate surface area is 114 Å². The lowest BCUT2D eigenvalue weighted by molar-refractivity contribution is 0.0908. The van der Waals surface area contributed by atoms with Crippen LogP contribution in [0.4, 0.5) is 0 Å². The van der Waals surface area contributed by atoms with Gasteiger partial charge < -0.3 is 10.6 Å². The highest BCUT2D eigenvalue weighted by molar-refractivity contribution is 5.96. The molecule has 102 valence electrons. The SMILES string of the molecule is CC(NC(=O)c1cccc2c1CCNC2)C1CCC1. The van der Waals surface area contributed by atoms with E-state index in [1.807, 2.05) is 12.1 Å². The van der Waals surface area contributed by atoms with Crippen molar-refractivity contribution in [3.63, 3.8) is 0 Å². The Kier molecular flexibility index (Phi) is 3.56. The summed E-state index contributed by atoms with van der Waals surface area (Å²) in [6.07, 6.45) is 4.80. The normalized spacial score (nSPS) is 20.3. The van der Waals surface area contributed by atoms with Crippen LogP contribution in [0.25, 0.3) is 0 Å². The van der Waals surface area contributed by atoms with Crippen LogP contribution in [0.2, 0.25) is 0 Å². The van der Waals surface area contributed by atoms with E-state index >= 15 is 0 Å². The largest absolute Gasteiger partial charge is 0.349 e. The van der Waals surface area contributed by atoms with E-state index < -0.39 is 0 Å². The van der Waals surface area contributed by atoms with E-state index in [0.717, 1.165) is 25.1 Å². The summed E-state index contributed by atoms with van der Waals surface area (Å²) in [7, 11) is 0. The highest BCUT2D eigenvalue weighted by Gasteiger charge is 2.26. The smallest absolute Gasteiger partial charge is 0.251 e. The van der Waals surface area contributed by atoms with Gasteiger partial charge in [0.05, 0.1) is 0 Å². The van der Waals surface area contributed by atoms with Gasteiger partial charge in [-0.15, -0.1) is 0 Å². The molecule has 1 aliphatic heterocycles. The number of nitrogens with one attached hydrogen (secondary N) is 2. The Morgan fingerprint density at radius 1 is 1.42 bits per heavy atom. The van der Waals surface area contributed by atoms with Crippen LogP contribution in [0.1, 0.15) is 47.7 Å². The number of fused-ring (bicyclic) bond motifs is 1. The lowest BCUT2D eigenvalue weighted by Crippen LogP contribution is -2.41. The number of hydrogen-bond donors (Lipinski definition) is 2. The van der Waals surface area contributed by atoms with Gasteiger partial charge in [-0.2, -0.15) is 0 Å². The Morgan fingerprint density at radius 2 is 2.26 bits per heavy atom. The quantitative estimate of drug-likeness (QED) is 0.873. The second kappa shape index (κ2) is 5.33. The second-order valence-electron chi connectivity index (χ2n) is 5.82. The van der Waals surface area contributed by atoms with Crippen LogP contribution < -0.4 is 10.6 Å². The van der Waals surface area contributed by atoms with Crippen molar-refractivity contribution in [1.29, 1.82) is 0 Å². The monoisotopic (exact) mass is 258 g/mol. The van der Waals surface area contributed by atoms with Crippen LogP contribution in [0.5, 0.6) is 0 Å². The van der Waals surface area contributed by atoms with Gasteiger partial charge in [-0.1, -0.05) is 18.6 Å². The van der Waals surface area contributed by atoms with Crippen LogP contribution in [0.3, 0.4) is 0 Å². The molecule has 19 heavy (non-hydrogen) atoms. The van der Waals surface area contributed by atoms with E-state index in [0.29, 0.717) is 12.0 Å². The number of amides is 1. The summed E-state index contributed by atoms with van der Waals surface area (Å²) in [5.74, 6) is 0.795. The lowest BCUT2D eigenvalue weighted by Gasteiger charge is -2.32. The van der Waals surface area contributed by atoms with Crippen LogP contribution >= 0.6 is 0 Å². The van der Waals surface area contributed by atoms with Crippen LogP contribution in [-0.2, 0) is 13.0 Å². The number of carbonyl (C=O) groups excluding carboxylic acids is 1. The summed E-state index contributed by atoms with van der Waals surface area (Å²) in [6.45, 7) is 3.99. The molecule has 1 aromatic carbocycles. The molecule has 1 amide bonds. The van der Waals surface area contributed by atoms with E-state index in [1.54, 1.807) is 0 Å². The first kappa shape index (κ1) is 12.7. The van der Waals surface area contributed by atoms with Gasteiger partial charge in [0.25, 0.3) is 5.91 Å². The minimum Gasteiger partial charge on any atom is -0.349 e. The number of benzene rings is 1. The van der Waals surface area contributed by atoms with Crippen LogP contribution in [-0.4, -0.2) is 18.5 Å². The molecule has 1 atom stereocenters. The van der Waals surface area contributed by atoms with Crippen molar-refractivity contribution in [3.05, 3.63) is 34.9 Å². The van der Waals surface area contributed by atoms with Gasteiger partial charge in [0.1, 0.15) is 0 Å². The van der Waals surface area contributed by atoms with Crippen LogP contribution in [0, 0.1) is 5.92 Å². The fourth-order valence-corrected chi connectivity index (χ4v) is 3.09. The van der Waals surface area contributed by atoms with Gasteiger partial charge in [0, 0.05) is 18.2 Å². The molecule has 1 unspecified atom stereocenters. The molecule has 3 rings (SSSR count). The lowest BCUT2D eigenvalue weighted by atomic mass is 9.80. The molecule has 3 nitrogen and oxygen atoms in total. The van der Waals surface area contributed by atoms with Crippen molar-refractivity contribution in [2.45, 2.75) is 45.2 Å². The first-order valence-electron chi connectivity index (χ1n) is 7.38. The van der Waals surface area contributed by atoms with Crippen molar-refractivity contribution in [3.8, 4) is 0 Å². The molecular formula is C16H22N2O. The molecule has 0 saturated heterocycles. The Bertz CT molecular complexity index is 480. The van der Waals surface area contributed by atoms with Crippen molar-refractivity contribution >= 4 is 5.91 Å². The number of carbonyl (C=O) groups is 1. The fourth-order valence-electron chi connectivity index (χ4n) is 3.09. The van der Waals surface area contributed by atoms with Crippen molar-refractivity contribution in [1.82, 2.24) is 10.6 Å². The standard InChI is InChI=1S/C16H22N2O/c1-11(12-4-2-5-12)18-16(19)15-7-3-6-13-10-17-9-8-14(13)15/h3,6-7,11-12,17H,2,4-5,8-10H2,1H3,(H,18,19). The van der Waals surface area contributed by atoms with Crippen molar-refractivity contribution in [2.75, 3.05) is 6.54 Å². The highest BCUT2D eigenvalue weighted by atomic mass is 16.1. The highest BCUT2D eigenvalue weighted by Crippen LogP contribution is 2.29.